The maximum absolute atomic E-state index is 4.60. The first kappa shape index (κ1) is 4.98. The highest BCUT2D eigenvalue weighted by atomic mass is 16.6. The Bertz CT molecular complexity index is 23.6. The summed E-state index contributed by atoms with van der Waals surface area (Å²) in [4.78, 5) is 0. The first-order valence-corrected chi connectivity index (χ1v) is 1.31. The van der Waals surface area contributed by atoms with Crippen LogP contribution in [0.5, 0.6) is 0 Å². The molecule has 0 spiro atoms. The molecular formula is C2H6BNO. The van der Waals surface area contributed by atoms with E-state index in [1.165, 1.54) is 5.06 Å². The van der Waals surface area contributed by atoms with Crippen molar-refractivity contribution in [2.45, 2.75) is 0 Å². The average molecular weight is 70.9 g/mol. The van der Waals surface area contributed by atoms with E-state index in [4.69, 9.17) is 0 Å². The molecule has 2 nitrogen and oxygen atoms in total. The Balaban J connectivity index is 2.54. The minimum absolute atomic E-state index is 1.40. The van der Waals surface area contributed by atoms with Crippen LogP contribution in [0.1, 0.15) is 0 Å². The molecule has 0 rings (SSSR count). The van der Waals surface area contributed by atoms with Crippen molar-refractivity contribution >= 4 is 8.05 Å². The fraction of sp³-hybridized carbons (Fsp3) is 1.00. The van der Waals surface area contributed by atoms with E-state index >= 15 is 0 Å². The lowest BCUT2D eigenvalue weighted by Crippen LogP contribution is -2.08. The second-order valence-electron chi connectivity index (χ2n) is 0.918. The molecule has 0 aromatic heterocycles. The third kappa shape index (κ3) is 3.98. The van der Waals surface area contributed by atoms with E-state index in [0.29, 0.717) is 0 Å². The zero-order chi connectivity index (χ0) is 4.28. The molecule has 0 aliphatic heterocycles. The Kier molecular flexibility index (Phi) is 2.23. The van der Waals surface area contributed by atoms with Gasteiger partial charge in [0.15, 0.2) is 0 Å². The molecule has 2 radical (unpaired) electrons. The van der Waals surface area contributed by atoms with Gasteiger partial charge in [0.05, 0.1) is 0 Å². The molecule has 0 aliphatic carbocycles. The van der Waals surface area contributed by atoms with Crippen LogP contribution in [0.4, 0.5) is 0 Å². The summed E-state index contributed by atoms with van der Waals surface area (Å²) in [6.07, 6.45) is 0. The fourth-order valence-electron chi connectivity index (χ4n) is 0. The standard InChI is InChI=1S/C2H6BNO/c1-4(2)5-3/h1-2H3. The Morgan fingerprint density at radius 1 is 1.60 bits per heavy atom. The number of hydroxylamine groups is 2. The average Bonchev–Trinajstić information content (AvgIpc) is 1.38. The van der Waals surface area contributed by atoms with Gasteiger partial charge in [-0.3, -0.25) is 0 Å². The van der Waals surface area contributed by atoms with E-state index in [9.17, 15) is 0 Å². The van der Waals surface area contributed by atoms with E-state index in [-0.39, 0.29) is 0 Å². The molecular weight excluding hydrogens is 64.8 g/mol. The van der Waals surface area contributed by atoms with Crippen molar-refractivity contribution in [3.05, 3.63) is 0 Å². The van der Waals surface area contributed by atoms with E-state index < -0.39 is 0 Å². The highest BCUT2D eigenvalue weighted by molar-refractivity contribution is 5.97. The molecule has 0 bridgehead atoms. The largest absolute Gasteiger partial charge is 0.374 e. The van der Waals surface area contributed by atoms with Crippen molar-refractivity contribution < 1.29 is 4.76 Å². The molecule has 0 aromatic carbocycles. The van der Waals surface area contributed by atoms with E-state index in [1.807, 2.05) is 0 Å². The first-order chi connectivity index (χ1) is 2.27. The predicted molar refractivity (Wildman–Crippen MR) is 20.5 cm³/mol. The molecule has 0 fully saturated rings. The van der Waals surface area contributed by atoms with Crippen molar-refractivity contribution in [1.82, 2.24) is 5.06 Å². The molecule has 0 N–H and O–H groups in total. The van der Waals surface area contributed by atoms with Crippen LogP contribution in [0.25, 0.3) is 0 Å². The molecule has 0 unspecified atom stereocenters. The fourth-order valence-corrected chi connectivity index (χ4v) is 0. The minimum atomic E-state index is 1.40. The van der Waals surface area contributed by atoms with Crippen LogP contribution >= 0.6 is 0 Å². The summed E-state index contributed by atoms with van der Waals surface area (Å²) in [6, 6.07) is 0. The summed E-state index contributed by atoms with van der Waals surface area (Å²) in [7, 11) is 8.01. The van der Waals surface area contributed by atoms with Crippen LogP contribution in [0, 0.1) is 0 Å². The van der Waals surface area contributed by atoms with Gasteiger partial charge in [0.1, 0.15) is 0 Å². The Morgan fingerprint density at radius 3 is 1.80 bits per heavy atom. The van der Waals surface area contributed by atoms with Crippen molar-refractivity contribution in [2.75, 3.05) is 14.1 Å². The number of rotatable bonds is 1. The lowest BCUT2D eigenvalue weighted by Gasteiger charge is -2.02. The quantitative estimate of drug-likeness (QED) is 0.307. The van der Waals surface area contributed by atoms with Gasteiger partial charge in [-0.2, -0.15) is 0 Å². The van der Waals surface area contributed by atoms with Gasteiger partial charge in [0, 0.05) is 14.1 Å². The summed E-state index contributed by atoms with van der Waals surface area (Å²) in [5.41, 5.74) is 0. The van der Waals surface area contributed by atoms with Gasteiger partial charge >= 0.3 is 8.05 Å². The zero-order valence-corrected chi connectivity index (χ0v) is 3.43. The van der Waals surface area contributed by atoms with Crippen molar-refractivity contribution in [3.8, 4) is 0 Å². The van der Waals surface area contributed by atoms with Crippen molar-refractivity contribution in [3.63, 3.8) is 0 Å². The van der Waals surface area contributed by atoms with Crippen molar-refractivity contribution in [2.24, 2.45) is 0 Å². The van der Waals surface area contributed by atoms with Crippen LogP contribution < -0.4 is 0 Å². The van der Waals surface area contributed by atoms with Gasteiger partial charge in [-0.05, 0) is 0 Å². The molecule has 0 atom stereocenters. The number of nitrogens with zero attached hydrogens (tertiary/aromatic N) is 1. The van der Waals surface area contributed by atoms with Gasteiger partial charge in [-0.1, -0.05) is 0 Å². The monoisotopic (exact) mass is 71.1 g/mol. The van der Waals surface area contributed by atoms with E-state index in [1.54, 1.807) is 14.1 Å². The van der Waals surface area contributed by atoms with Gasteiger partial charge < -0.3 is 4.76 Å². The molecule has 28 valence electrons. The summed E-state index contributed by atoms with van der Waals surface area (Å²) in [5, 5.41) is 1.40. The normalized spacial score (nSPS) is 9.40. The molecule has 0 saturated carbocycles. The smallest absolute Gasteiger partial charge is 0.317 e. The number of hydrogen-bond acceptors (Lipinski definition) is 2. The number of hydrogen-bond donors (Lipinski definition) is 0. The van der Waals surface area contributed by atoms with Crippen molar-refractivity contribution in [1.29, 1.82) is 0 Å². The van der Waals surface area contributed by atoms with Gasteiger partial charge in [0.2, 0.25) is 0 Å². The van der Waals surface area contributed by atoms with E-state index in [2.05, 4.69) is 12.8 Å². The molecule has 0 amide bonds. The lowest BCUT2D eigenvalue weighted by molar-refractivity contribution is 0.00678. The van der Waals surface area contributed by atoms with E-state index in [0.717, 1.165) is 0 Å². The maximum Gasteiger partial charge on any atom is 0.317 e. The molecule has 0 saturated heterocycles. The highest BCUT2D eigenvalue weighted by Gasteiger charge is 1.71. The topological polar surface area (TPSA) is 12.5 Å². The molecule has 3 heteroatoms. The minimum Gasteiger partial charge on any atom is -0.374 e. The summed E-state index contributed by atoms with van der Waals surface area (Å²) in [6.45, 7) is 0. The van der Waals surface area contributed by atoms with Crippen LogP contribution in [-0.4, -0.2) is 27.2 Å². The van der Waals surface area contributed by atoms with Gasteiger partial charge in [-0.15, -0.1) is 0 Å². The first-order valence-electron chi connectivity index (χ1n) is 1.31. The Hall–Kier alpha value is -0.0151. The summed E-state index contributed by atoms with van der Waals surface area (Å²) >= 11 is 0. The van der Waals surface area contributed by atoms with Crippen LogP contribution in [0.15, 0.2) is 0 Å². The maximum atomic E-state index is 4.60. The summed E-state index contributed by atoms with van der Waals surface area (Å²) < 4.78 is 4.08. The lowest BCUT2D eigenvalue weighted by atomic mass is 10.6. The molecule has 0 aliphatic rings. The predicted octanol–water partition coefficient (Wildman–Crippen LogP) is -0.437. The summed E-state index contributed by atoms with van der Waals surface area (Å²) in [5.74, 6) is 0. The molecule has 0 aromatic rings. The van der Waals surface area contributed by atoms with Crippen LogP contribution in [0.3, 0.4) is 0 Å². The third-order valence-corrected chi connectivity index (χ3v) is 0.211. The second kappa shape index (κ2) is 2.24. The Morgan fingerprint density at radius 2 is 1.80 bits per heavy atom. The highest BCUT2D eigenvalue weighted by Crippen LogP contribution is 1.62. The zero-order valence-electron chi connectivity index (χ0n) is 3.43. The SMILES string of the molecule is [B]ON(C)C. The second-order valence-corrected chi connectivity index (χ2v) is 0.918. The van der Waals surface area contributed by atoms with Gasteiger partial charge in [-0.25, -0.2) is 5.06 Å². The van der Waals surface area contributed by atoms with Crippen LogP contribution in [-0.2, 0) is 4.76 Å². The Labute approximate surface area is 33.1 Å². The third-order valence-electron chi connectivity index (χ3n) is 0.211. The molecule has 0 heterocycles. The van der Waals surface area contributed by atoms with Gasteiger partial charge in [0.25, 0.3) is 0 Å². The van der Waals surface area contributed by atoms with Crippen LogP contribution in [0.2, 0.25) is 0 Å². The molecule has 5 heavy (non-hydrogen) atoms.